The lowest BCUT2D eigenvalue weighted by atomic mass is 9.90. The molecule has 0 radical (unpaired) electrons. The molecule has 2 N–H and O–H groups in total. The molecule has 0 amide bonds. The molecule has 1 aromatic heterocycles. The summed E-state index contributed by atoms with van der Waals surface area (Å²) in [6.07, 6.45) is -0.203. The van der Waals surface area contributed by atoms with E-state index in [1.54, 1.807) is 19.2 Å². The number of aliphatic hydroxyl groups is 1. The molecule has 0 spiro atoms. The fourth-order valence-electron chi connectivity index (χ4n) is 3.11. The summed E-state index contributed by atoms with van der Waals surface area (Å²) in [4.78, 5) is 4.77. The molecule has 1 aliphatic heterocycles. The second kappa shape index (κ2) is 6.49. The maximum absolute atomic E-state index is 13.1. The zero-order valence-electron chi connectivity index (χ0n) is 14.3. The number of nitrogens with one attached hydrogen (secondary N) is 1. The van der Waals surface area contributed by atoms with Gasteiger partial charge in [0.05, 0.1) is 23.7 Å². The van der Waals surface area contributed by atoms with E-state index < -0.39 is 6.10 Å². The fourth-order valence-corrected chi connectivity index (χ4v) is 3.11. The van der Waals surface area contributed by atoms with Gasteiger partial charge in [-0.15, -0.1) is 0 Å². The van der Waals surface area contributed by atoms with E-state index in [0.29, 0.717) is 12.1 Å². The van der Waals surface area contributed by atoms with Gasteiger partial charge in [-0.25, -0.2) is 4.39 Å². The molecule has 4 nitrogen and oxygen atoms in total. The van der Waals surface area contributed by atoms with Gasteiger partial charge in [-0.2, -0.15) is 0 Å². The Balaban J connectivity index is 2.01. The molecule has 1 aromatic carbocycles. The fraction of sp³-hybridized carbons (Fsp3) is 0.421. The van der Waals surface area contributed by atoms with Crippen molar-refractivity contribution in [3.05, 3.63) is 58.7 Å². The van der Waals surface area contributed by atoms with Gasteiger partial charge in [0.2, 0.25) is 0 Å². The van der Waals surface area contributed by atoms with Gasteiger partial charge in [0.25, 0.3) is 0 Å². The number of ether oxygens (including phenoxy) is 1. The molecule has 0 bridgehead atoms. The van der Waals surface area contributed by atoms with Crippen LogP contribution >= 0.6 is 0 Å². The standard InChI is InChI=1S/C19H23FN2O2/c1-19(2)11-21-15-9-13(8-12-4-6-14(20)7-5-12)17(22-18(15)19)16(23)10-24-3/h4-7,9,16,21,23H,8,10-11H2,1-3H3/t16-/m0/s1. The Morgan fingerprint density at radius 2 is 2.04 bits per heavy atom. The zero-order valence-corrected chi connectivity index (χ0v) is 14.3. The second-order valence-electron chi connectivity index (χ2n) is 6.94. The van der Waals surface area contributed by atoms with Crippen LogP contribution in [0.2, 0.25) is 0 Å². The third-order valence-electron chi connectivity index (χ3n) is 4.44. The summed E-state index contributed by atoms with van der Waals surface area (Å²) in [5, 5.41) is 13.8. The van der Waals surface area contributed by atoms with E-state index in [9.17, 15) is 9.50 Å². The van der Waals surface area contributed by atoms with Gasteiger partial charge < -0.3 is 15.2 Å². The molecule has 1 aliphatic rings. The average Bonchev–Trinajstić information content (AvgIpc) is 2.84. The number of methoxy groups -OCH3 is 1. The molecule has 2 aromatic rings. The third kappa shape index (κ3) is 3.28. The summed E-state index contributed by atoms with van der Waals surface area (Å²) in [5.41, 5.74) is 4.43. The summed E-state index contributed by atoms with van der Waals surface area (Å²) < 4.78 is 18.2. The minimum absolute atomic E-state index is 0.0781. The molecular weight excluding hydrogens is 307 g/mol. The Kier molecular flexibility index (Phi) is 4.56. The van der Waals surface area contributed by atoms with Gasteiger partial charge in [0, 0.05) is 19.1 Å². The number of halogens is 1. The second-order valence-corrected chi connectivity index (χ2v) is 6.94. The first-order valence-corrected chi connectivity index (χ1v) is 8.10. The van der Waals surface area contributed by atoms with E-state index in [1.165, 1.54) is 12.1 Å². The largest absolute Gasteiger partial charge is 0.384 e. The molecule has 3 rings (SSSR count). The van der Waals surface area contributed by atoms with E-state index in [2.05, 4.69) is 25.2 Å². The van der Waals surface area contributed by atoms with Crippen molar-refractivity contribution in [1.29, 1.82) is 0 Å². The van der Waals surface area contributed by atoms with Gasteiger partial charge in [-0.1, -0.05) is 26.0 Å². The highest BCUT2D eigenvalue weighted by molar-refractivity contribution is 5.59. The highest BCUT2D eigenvalue weighted by Crippen LogP contribution is 2.37. The van der Waals surface area contributed by atoms with Crippen molar-refractivity contribution in [1.82, 2.24) is 4.98 Å². The van der Waals surface area contributed by atoms with Gasteiger partial charge in [0.15, 0.2) is 0 Å². The topological polar surface area (TPSA) is 54.4 Å². The number of rotatable bonds is 5. The molecular formula is C19H23FN2O2. The Bertz CT molecular complexity index is 729. The number of nitrogens with zero attached hydrogens (tertiary/aromatic N) is 1. The van der Waals surface area contributed by atoms with Crippen LogP contribution in [0.3, 0.4) is 0 Å². The third-order valence-corrected chi connectivity index (χ3v) is 4.44. The predicted molar refractivity (Wildman–Crippen MR) is 91.8 cm³/mol. The van der Waals surface area contributed by atoms with Crippen molar-refractivity contribution < 1.29 is 14.2 Å². The van der Waals surface area contributed by atoms with E-state index in [1.807, 2.05) is 0 Å². The zero-order chi connectivity index (χ0) is 17.3. The molecule has 0 saturated heterocycles. The van der Waals surface area contributed by atoms with Crippen molar-refractivity contribution in [2.75, 3.05) is 25.6 Å². The van der Waals surface area contributed by atoms with Crippen molar-refractivity contribution in [3.63, 3.8) is 0 Å². The quantitative estimate of drug-likeness (QED) is 0.884. The summed E-state index contributed by atoms with van der Waals surface area (Å²) >= 11 is 0. The SMILES string of the molecule is COC[C@H](O)c1nc2c(cc1Cc1ccc(F)cc1)NCC2(C)C. The number of hydrogen-bond donors (Lipinski definition) is 2. The number of fused-ring (bicyclic) bond motifs is 1. The number of aliphatic hydroxyl groups excluding tert-OH is 1. The first-order valence-electron chi connectivity index (χ1n) is 8.10. The predicted octanol–water partition coefficient (Wildman–Crippen LogP) is 3.19. The monoisotopic (exact) mass is 330 g/mol. The lowest BCUT2D eigenvalue weighted by Gasteiger charge is -2.20. The van der Waals surface area contributed by atoms with Crippen LogP contribution in [0.15, 0.2) is 30.3 Å². The van der Waals surface area contributed by atoms with Gasteiger partial charge in [-0.3, -0.25) is 4.98 Å². The first kappa shape index (κ1) is 16.9. The molecule has 128 valence electrons. The number of aromatic nitrogens is 1. The molecule has 5 heteroatoms. The Hall–Kier alpha value is -1.98. The molecule has 0 saturated carbocycles. The number of benzene rings is 1. The Morgan fingerprint density at radius 3 is 2.71 bits per heavy atom. The van der Waals surface area contributed by atoms with Crippen LogP contribution < -0.4 is 5.32 Å². The highest BCUT2D eigenvalue weighted by atomic mass is 19.1. The lowest BCUT2D eigenvalue weighted by molar-refractivity contribution is 0.0610. The minimum Gasteiger partial charge on any atom is -0.384 e. The number of pyridine rings is 1. The minimum atomic E-state index is -0.785. The average molecular weight is 330 g/mol. The summed E-state index contributed by atoms with van der Waals surface area (Å²) in [6.45, 7) is 5.27. The smallest absolute Gasteiger partial charge is 0.123 e. The van der Waals surface area contributed by atoms with Crippen LogP contribution in [0, 0.1) is 5.82 Å². The first-order chi connectivity index (χ1) is 11.4. The van der Waals surface area contributed by atoms with Crippen LogP contribution in [0.25, 0.3) is 0 Å². The van der Waals surface area contributed by atoms with Crippen LogP contribution in [0.4, 0.5) is 10.1 Å². The van der Waals surface area contributed by atoms with E-state index in [-0.39, 0.29) is 17.8 Å². The molecule has 2 heterocycles. The number of anilines is 1. The summed E-state index contributed by atoms with van der Waals surface area (Å²) in [5.74, 6) is -0.256. The lowest BCUT2D eigenvalue weighted by Crippen LogP contribution is -2.21. The van der Waals surface area contributed by atoms with Gasteiger partial charge >= 0.3 is 0 Å². The van der Waals surface area contributed by atoms with Crippen molar-refractivity contribution >= 4 is 5.69 Å². The summed E-state index contributed by atoms with van der Waals surface area (Å²) in [7, 11) is 1.56. The molecule has 0 fully saturated rings. The Morgan fingerprint density at radius 1 is 1.33 bits per heavy atom. The normalized spacial score (nSPS) is 16.5. The molecule has 0 unspecified atom stereocenters. The Labute approximate surface area is 141 Å². The van der Waals surface area contributed by atoms with Crippen molar-refractivity contribution in [2.45, 2.75) is 31.8 Å². The number of hydrogen-bond acceptors (Lipinski definition) is 4. The van der Waals surface area contributed by atoms with Gasteiger partial charge in [0.1, 0.15) is 11.9 Å². The highest BCUT2D eigenvalue weighted by Gasteiger charge is 2.33. The maximum Gasteiger partial charge on any atom is 0.123 e. The van der Waals surface area contributed by atoms with Crippen molar-refractivity contribution in [2.24, 2.45) is 0 Å². The van der Waals surface area contributed by atoms with E-state index >= 15 is 0 Å². The van der Waals surface area contributed by atoms with E-state index in [4.69, 9.17) is 9.72 Å². The van der Waals surface area contributed by atoms with Crippen LogP contribution in [0.5, 0.6) is 0 Å². The molecule has 24 heavy (non-hydrogen) atoms. The van der Waals surface area contributed by atoms with E-state index in [0.717, 1.165) is 29.1 Å². The van der Waals surface area contributed by atoms with Crippen molar-refractivity contribution in [3.8, 4) is 0 Å². The summed E-state index contributed by atoms with van der Waals surface area (Å²) in [6, 6.07) is 8.46. The van der Waals surface area contributed by atoms with Crippen LogP contribution in [-0.2, 0) is 16.6 Å². The van der Waals surface area contributed by atoms with Gasteiger partial charge in [-0.05, 0) is 35.7 Å². The maximum atomic E-state index is 13.1. The molecule has 1 atom stereocenters. The van der Waals surface area contributed by atoms with Crippen LogP contribution in [-0.4, -0.2) is 30.4 Å². The van der Waals surface area contributed by atoms with Crippen LogP contribution in [0.1, 0.15) is 42.5 Å². The molecule has 0 aliphatic carbocycles.